The van der Waals surface area contributed by atoms with Gasteiger partial charge in [0.1, 0.15) is 12.1 Å². The highest BCUT2D eigenvalue weighted by molar-refractivity contribution is 6.30. The number of urea groups is 1. The molecule has 1 aliphatic carbocycles. The molecule has 1 saturated heterocycles. The van der Waals surface area contributed by atoms with Crippen LogP contribution >= 0.6 is 11.6 Å². The molecule has 1 spiro atoms. The third-order valence-electron chi connectivity index (χ3n) is 5.99. The number of hydrogen-bond acceptors (Lipinski definition) is 5. The Bertz CT molecular complexity index is 836. The average molecular weight is 436 g/mol. The van der Waals surface area contributed by atoms with E-state index in [1.54, 1.807) is 31.3 Å². The number of hydrogen-bond donors (Lipinski definition) is 1. The van der Waals surface area contributed by atoms with Gasteiger partial charge >= 0.3 is 12.0 Å². The van der Waals surface area contributed by atoms with Crippen LogP contribution in [0.5, 0.6) is 0 Å². The molecule has 0 radical (unpaired) electrons. The minimum Gasteiger partial charge on any atom is -0.469 e. The number of halogens is 1. The summed E-state index contributed by atoms with van der Waals surface area (Å²) in [5.41, 5.74) is -0.171. The van der Waals surface area contributed by atoms with Gasteiger partial charge in [-0.15, -0.1) is 0 Å². The quantitative estimate of drug-likeness (QED) is 0.547. The van der Waals surface area contributed by atoms with Crippen LogP contribution in [-0.2, 0) is 19.1 Å². The number of esters is 1. The van der Waals surface area contributed by atoms with Crippen LogP contribution < -0.4 is 5.32 Å². The van der Waals surface area contributed by atoms with Crippen molar-refractivity contribution >= 4 is 35.4 Å². The molecular formula is C21H26ClN3O5. The number of imide groups is 1. The number of rotatable bonds is 6. The number of nitrogens with zero attached hydrogens (tertiary/aromatic N) is 2. The molecule has 2 aliphatic rings. The molecule has 30 heavy (non-hydrogen) atoms. The molecule has 4 amide bonds. The van der Waals surface area contributed by atoms with Crippen molar-refractivity contribution in [1.29, 1.82) is 0 Å². The SMILES string of the molecule is COC(=O)CC(NC(=O)CN1C(=O)N(C)C2(CCCCC2)C1=O)c1ccc(Cl)cc1. The normalized spacial score (nSPS) is 19.2. The van der Waals surface area contributed by atoms with E-state index in [1.807, 2.05) is 0 Å². The summed E-state index contributed by atoms with van der Waals surface area (Å²) in [6.45, 7) is -0.394. The van der Waals surface area contributed by atoms with Crippen LogP contribution in [0.4, 0.5) is 4.79 Å². The first kappa shape index (κ1) is 22.1. The number of carbonyl (C=O) groups is 4. The Hall–Kier alpha value is -2.61. The zero-order chi connectivity index (χ0) is 21.9. The van der Waals surface area contributed by atoms with Crippen LogP contribution in [0.25, 0.3) is 0 Å². The summed E-state index contributed by atoms with van der Waals surface area (Å²) in [5, 5.41) is 3.27. The Kier molecular flexibility index (Phi) is 6.65. The van der Waals surface area contributed by atoms with Crippen LogP contribution in [0.1, 0.15) is 50.1 Å². The van der Waals surface area contributed by atoms with Crippen LogP contribution in [0.15, 0.2) is 24.3 Å². The van der Waals surface area contributed by atoms with Crippen molar-refractivity contribution in [3.8, 4) is 0 Å². The fourth-order valence-corrected chi connectivity index (χ4v) is 4.38. The second-order valence-electron chi connectivity index (χ2n) is 7.78. The Morgan fingerprint density at radius 2 is 1.80 bits per heavy atom. The van der Waals surface area contributed by atoms with Crippen molar-refractivity contribution in [3.63, 3.8) is 0 Å². The predicted molar refractivity (Wildman–Crippen MR) is 110 cm³/mol. The highest BCUT2D eigenvalue weighted by atomic mass is 35.5. The summed E-state index contributed by atoms with van der Waals surface area (Å²) < 4.78 is 4.72. The molecule has 1 aromatic rings. The Morgan fingerprint density at radius 1 is 1.17 bits per heavy atom. The van der Waals surface area contributed by atoms with Crippen LogP contribution in [0.3, 0.4) is 0 Å². The molecule has 1 N–H and O–H groups in total. The van der Waals surface area contributed by atoms with Gasteiger partial charge < -0.3 is 15.0 Å². The van der Waals surface area contributed by atoms with Crippen molar-refractivity contribution in [1.82, 2.24) is 15.1 Å². The van der Waals surface area contributed by atoms with E-state index in [0.29, 0.717) is 23.4 Å². The van der Waals surface area contributed by atoms with Gasteiger partial charge in [-0.1, -0.05) is 43.0 Å². The second-order valence-corrected chi connectivity index (χ2v) is 8.21. The molecule has 2 fully saturated rings. The predicted octanol–water partition coefficient (Wildman–Crippen LogP) is 2.66. The smallest absolute Gasteiger partial charge is 0.327 e. The van der Waals surface area contributed by atoms with E-state index in [1.165, 1.54) is 12.0 Å². The molecule has 8 nitrogen and oxygen atoms in total. The average Bonchev–Trinajstić information content (AvgIpc) is 2.90. The molecule has 162 valence electrons. The second kappa shape index (κ2) is 9.04. The van der Waals surface area contributed by atoms with Crippen molar-refractivity contribution in [2.24, 2.45) is 0 Å². The number of ether oxygens (including phenoxy) is 1. The van der Waals surface area contributed by atoms with Gasteiger partial charge in [0.25, 0.3) is 5.91 Å². The molecule has 9 heteroatoms. The number of benzene rings is 1. The van der Waals surface area contributed by atoms with Crippen molar-refractivity contribution in [3.05, 3.63) is 34.9 Å². The Balaban J connectivity index is 1.73. The Labute approximate surface area is 180 Å². The van der Waals surface area contributed by atoms with Crippen molar-refractivity contribution in [2.45, 2.75) is 50.1 Å². The Morgan fingerprint density at radius 3 is 2.40 bits per heavy atom. The van der Waals surface area contributed by atoms with Crippen molar-refractivity contribution < 1.29 is 23.9 Å². The number of methoxy groups -OCH3 is 1. The van der Waals surface area contributed by atoms with Gasteiger partial charge in [-0.2, -0.15) is 0 Å². The summed E-state index contributed by atoms with van der Waals surface area (Å²) >= 11 is 5.92. The van der Waals surface area contributed by atoms with Gasteiger partial charge in [0.05, 0.1) is 19.6 Å². The van der Waals surface area contributed by atoms with Gasteiger partial charge in [0.2, 0.25) is 5.91 Å². The largest absolute Gasteiger partial charge is 0.469 e. The van der Waals surface area contributed by atoms with E-state index in [0.717, 1.165) is 24.2 Å². The van der Waals surface area contributed by atoms with E-state index < -0.39 is 36.0 Å². The standard InChI is InChI=1S/C21H26ClN3O5/c1-24-20(29)25(19(28)21(24)10-4-3-5-11-21)13-17(26)23-16(12-18(27)30-2)14-6-8-15(22)9-7-14/h6-9,16H,3-5,10-13H2,1-2H3,(H,23,26). The minimum absolute atomic E-state index is 0.0877. The van der Waals surface area contributed by atoms with Crippen LogP contribution in [0.2, 0.25) is 5.02 Å². The third kappa shape index (κ3) is 4.28. The highest BCUT2D eigenvalue weighted by Crippen LogP contribution is 2.39. The van der Waals surface area contributed by atoms with E-state index >= 15 is 0 Å². The lowest BCUT2D eigenvalue weighted by molar-refractivity contribution is -0.142. The molecule has 1 heterocycles. The maximum Gasteiger partial charge on any atom is 0.327 e. The first-order valence-corrected chi connectivity index (χ1v) is 10.4. The van der Waals surface area contributed by atoms with Gasteiger partial charge in [-0.3, -0.25) is 19.3 Å². The molecule has 1 aliphatic heterocycles. The summed E-state index contributed by atoms with van der Waals surface area (Å²) in [5.74, 6) is -1.34. The topological polar surface area (TPSA) is 96.0 Å². The molecule has 3 rings (SSSR count). The molecule has 1 aromatic carbocycles. The minimum atomic E-state index is -0.836. The molecule has 1 unspecified atom stereocenters. The summed E-state index contributed by atoms with van der Waals surface area (Å²) in [6, 6.07) is 5.58. The lowest BCUT2D eigenvalue weighted by Crippen LogP contribution is -2.49. The van der Waals surface area contributed by atoms with E-state index in [4.69, 9.17) is 16.3 Å². The first-order chi connectivity index (χ1) is 14.3. The number of likely N-dealkylation sites (N-methyl/N-ethyl adjacent to an activating group) is 1. The number of amides is 4. The summed E-state index contributed by atoms with van der Waals surface area (Å²) in [7, 11) is 2.89. The molecule has 0 bridgehead atoms. The van der Waals surface area contributed by atoms with E-state index in [2.05, 4.69) is 5.32 Å². The van der Waals surface area contributed by atoms with Gasteiger partial charge in [-0.25, -0.2) is 4.79 Å². The monoisotopic (exact) mass is 435 g/mol. The van der Waals surface area contributed by atoms with Gasteiger partial charge in [0.15, 0.2) is 0 Å². The maximum atomic E-state index is 13.1. The van der Waals surface area contributed by atoms with E-state index in [9.17, 15) is 19.2 Å². The summed E-state index contributed by atoms with van der Waals surface area (Å²) in [6.07, 6.45) is 3.93. The number of nitrogens with one attached hydrogen (secondary N) is 1. The zero-order valence-electron chi connectivity index (χ0n) is 17.2. The third-order valence-corrected chi connectivity index (χ3v) is 6.24. The molecular weight excluding hydrogens is 410 g/mol. The van der Waals surface area contributed by atoms with Crippen LogP contribution in [-0.4, -0.2) is 59.9 Å². The fraction of sp³-hybridized carbons (Fsp3) is 0.524. The lowest BCUT2D eigenvalue weighted by Gasteiger charge is -2.35. The van der Waals surface area contributed by atoms with Crippen LogP contribution in [0, 0.1) is 0 Å². The maximum absolute atomic E-state index is 13.1. The zero-order valence-corrected chi connectivity index (χ0v) is 17.9. The first-order valence-electron chi connectivity index (χ1n) is 10.00. The fourth-order valence-electron chi connectivity index (χ4n) is 4.25. The lowest BCUT2D eigenvalue weighted by atomic mass is 9.81. The highest BCUT2D eigenvalue weighted by Gasteiger charge is 2.55. The van der Waals surface area contributed by atoms with Gasteiger partial charge in [0, 0.05) is 12.1 Å². The van der Waals surface area contributed by atoms with Gasteiger partial charge in [-0.05, 0) is 30.5 Å². The molecule has 1 saturated carbocycles. The van der Waals surface area contributed by atoms with Crippen molar-refractivity contribution in [2.75, 3.05) is 20.7 Å². The molecule has 0 aromatic heterocycles. The summed E-state index contributed by atoms with van der Waals surface area (Å²) in [4.78, 5) is 52.8. The molecule has 1 atom stereocenters. The van der Waals surface area contributed by atoms with E-state index in [-0.39, 0.29) is 12.3 Å². The number of carbonyl (C=O) groups excluding carboxylic acids is 4.